The Morgan fingerprint density at radius 1 is 0.465 bits per heavy atom. The quantitative estimate of drug-likeness (QED) is 0.111. The predicted octanol–water partition coefficient (Wildman–Crippen LogP) is 7.68. The minimum absolute atomic E-state index is 0.0362. The van der Waals surface area contributed by atoms with Crippen LogP contribution >= 0.6 is 0 Å². The normalized spacial score (nSPS) is 20.7. The van der Waals surface area contributed by atoms with E-state index in [-0.39, 0.29) is 99.5 Å². The molecule has 71 heavy (non-hydrogen) atoms. The van der Waals surface area contributed by atoms with Crippen LogP contribution in [0.1, 0.15) is 70.2 Å². The Labute approximate surface area is 428 Å². The van der Waals surface area contributed by atoms with Crippen molar-refractivity contribution < 1.29 is 80.5 Å². The van der Waals surface area contributed by atoms with Gasteiger partial charge in [0.2, 0.25) is 11.6 Å². The molecule has 368 valence electrons. The second kappa shape index (κ2) is 25.7. The molecule has 0 saturated heterocycles. The summed E-state index contributed by atoms with van der Waals surface area (Å²) in [5.74, 6) is 1.79. The van der Waals surface area contributed by atoms with E-state index in [4.69, 9.17) is 32.9 Å². The van der Waals surface area contributed by atoms with E-state index in [0.717, 1.165) is 70.2 Å². The van der Waals surface area contributed by atoms with Crippen LogP contribution < -0.4 is 20.1 Å². The summed E-state index contributed by atoms with van der Waals surface area (Å²) in [6.07, 6.45) is 19.5. The summed E-state index contributed by atoms with van der Waals surface area (Å²) in [4.78, 5) is 27.0. The summed E-state index contributed by atoms with van der Waals surface area (Å²) in [7, 11) is 0. The van der Waals surface area contributed by atoms with Crippen molar-refractivity contribution in [2.75, 3.05) is 52.9 Å². The van der Waals surface area contributed by atoms with Crippen LogP contribution in [0.3, 0.4) is 0 Å². The van der Waals surface area contributed by atoms with Gasteiger partial charge in [-0.15, -0.1) is 0 Å². The summed E-state index contributed by atoms with van der Waals surface area (Å²) >= 11 is -2.51. The van der Waals surface area contributed by atoms with Crippen molar-refractivity contribution in [2.45, 2.75) is 63.5 Å². The molecule has 15 heteroatoms. The summed E-state index contributed by atoms with van der Waals surface area (Å²) in [6.45, 7) is 1.81. The third-order valence-electron chi connectivity index (χ3n) is 12.9. The molecule has 0 aromatic heterocycles. The van der Waals surface area contributed by atoms with Crippen LogP contribution in [0.2, 0.25) is 0 Å². The van der Waals surface area contributed by atoms with Gasteiger partial charge in [-0.05, 0) is 81.7 Å². The molecule has 4 aliphatic carbocycles. The number of ketones is 2. The number of phenolic OH excluding ortho intramolecular Hbond substituents is 2. The van der Waals surface area contributed by atoms with Gasteiger partial charge in [0.1, 0.15) is 49.4 Å². The first-order valence-corrected chi connectivity index (χ1v) is 27.5. The molecule has 1 saturated carbocycles. The molecule has 4 N–H and O–H groups in total. The van der Waals surface area contributed by atoms with Gasteiger partial charge >= 0.3 is 32.3 Å². The van der Waals surface area contributed by atoms with Crippen molar-refractivity contribution in [1.29, 1.82) is 0 Å². The van der Waals surface area contributed by atoms with Crippen molar-refractivity contribution >= 4 is 11.6 Å². The Bertz CT molecular complexity index is 2540. The fourth-order valence-corrected chi connectivity index (χ4v) is 9.36. The molecule has 0 unspecified atom stereocenters. The number of para-hydroxylation sites is 4. The van der Waals surface area contributed by atoms with Crippen molar-refractivity contribution in [3.8, 4) is 23.0 Å². The van der Waals surface area contributed by atoms with Gasteiger partial charge in [0.25, 0.3) is 0 Å². The molecule has 14 bridgehead atoms. The number of carbonyl (C=O) groups excluding carboxylic acids is 2. The van der Waals surface area contributed by atoms with Gasteiger partial charge in [-0.3, -0.25) is 9.59 Å². The predicted molar refractivity (Wildman–Crippen MR) is 259 cm³/mol. The number of hydrogen-bond acceptors (Lipinski definition) is 14. The number of hydrogen-bond donors (Lipinski definition) is 4. The Hall–Kier alpha value is -6.37. The van der Waals surface area contributed by atoms with E-state index < -0.39 is 27.8 Å². The van der Waals surface area contributed by atoms with E-state index in [1.165, 1.54) is 0 Å². The summed E-state index contributed by atoms with van der Waals surface area (Å²) < 4.78 is 54.0. The van der Waals surface area contributed by atoms with Crippen LogP contribution in [-0.2, 0) is 58.7 Å². The number of phenols is 2. The van der Waals surface area contributed by atoms with Crippen LogP contribution in [0, 0.1) is 27.8 Å². The Morgan fingerprint density at radius 2 is 0.789 bits per heavy atom. The van der Waals surface area contributed by atoms with Gasteiger partial charge < -0.3 is 49.3 Å². The number of ether oxygens (including phenoxy) is 6. The van der Waals surface area contributed by atoms with Gasteiger partial charge in [0, 0.05) is 61.3 Å². The number of benzene rings is 4. The van der Waals surface area contributed by atoms with Crippen LogP contribution in [0.5, 0.6) is 23.0 Å². The first-order valence-electron chi connectivity index (χ1n) is 24.1. The first kappa shape index (κ1) is 51.0. The van der Waals surface area contributed by atoms with E-state index in [1.54, 1.807) is 48.9 Å². The SMILES string of the molecule is O=C1C2=CN[C@H]3CCCC[C@@H]3N/C=C3/C=CC=C(OCCOCCOc4c5cccc4Cc4cccc(c4O)Cc4cccc(c4OCCOCCOC1=CC=C2)Cc1cccc(c1O)C5)C3=O.[O]=[U]=[O]. The van der Waals surface area contributed by atoms with E-state index in [2.05, 4.69) is 10.6 Å². The summed E-state index contributed by atoms with van der Waals surface area (Å²) in [5, 5.41) is 30.6. The van der Waals surface area contributed by atoms with Crippen molar-refractivity contribution in [2.24, 2.45) is 0 Å². The molecule has 0 spiro atoms. The van der Waals surface area contributed by atoms with E-state index in [0.29, 0.717) is 48.3 Å². The molecule has 10 rings (SSSR count). The number of rotatable bonds is 0. The molecular weight excluding hydrogens is 1130 g/mol. The molecule has 2 aliphatic heterocycles. The maximum absolute atomic E-state index is 13.5. The summed E-state index contributed by atoms with van der Waals surface area (Å²) in [6, 6.07) is 23.7. The topological polar surface area (TPSA) is 188 Å². The second-order valence-corrected chi connectivity index (χ2v) is 18.2. The molecule has 2 atom stereocenters. The van der Waals surface area contributed by atoms with Gasteiger partial charge in [0.05, 0.1) is 26.4 Å². The Morgan fingerprint density at radius 3 is 1.14 bits per heavy atom. The zero-order chi connectivity index (χ0) is 49.4. The fraction of sp³-hybridized carbons (Fsp3) is 0.321. The van der Waals surface area contributed by atoms with Gasteiger partial charge in [-0.25, -0.2) is 0 Å². The van der Waals surface area contributed by atoms with Crippen LogP contribution in [-0.4, -0.2) is 86.7 Å². The van der Waals surface area contributed by atoms with Crippen molar-refractivity contribution in [3.63, 3.8) is 0 Å². The van der Waals surface area contributed by atoms with Gasteiger partial charge in [-0.1, -0.05) is 97.8 Å². The number of nitrogens with one attached hydrogen (secondary N) is 2. The molecule has 1 fully saturated rings. The molecular formula is C56H58N2O12U. The van der Waals surface area contributed by atoms with Crippen LogP contribution in [0.4, 0.5) is 0 Å². The zero-order valence-corrected chi connectivity index (χ0v) is 43.7. The molecule has 4 aromatic rings. The van der Waals surface area contributed by atoms with Gasteiger partial charge in [0.15, 0.2) is 11.5 Å². The van der Waals surface area contributed by atoms with Crippen molar-refractivity contribution in [3.05, 3.63) is 189 Å². The average Bonchev–Trinajstić information content (AvgIpc) is 3.37. The van der Waals surface area contributed by atoms with Gasteiger partial charge in [-0.2, -0.15) is 0 Å². The number of allylic oxidation sites excluding steroid dienone is 8. The number of carbonyl (C=O) groups is 2. The first-order chi connectivity index (χ1) is 34.8. The van der Waals surface area contributed by atoms with Crippen LogP contribution in [0.25, 0.3) is 0 Å². The second-order valence-electron chi connectivity index (χ2n) is 17.5. The fourth-order valence-electron chi connectivity index (χ4n) is 9.36. The maximum atomic E-state index is 13.5. The average molecular weight is 1190 g/mol. The van der Waals surface area contributed by atoms with E-state index in [1.807, 2.05) is 72.8 Å². The standard InChI is InChI=1S/C56H58N2O10.2O.U/c59-51-37-9-3-11-39(51)33-43-15-6-16-44-34-40-12-4-10-38(52(40)60)32-42-14-5-13-41(31-37)55(42)67-29-25-63-23-27-65-49-21-7-17-45(53(49)61)35-57-47-19-1-2-20-48(47)58-36-46-18-8-22-50(54(46)62)66-28-24-64-26-30-68-56(43)44;;;/h3-18,21-22,35-36,47-48,57-60H,1-2,19-20,23-34H2;;;/b45-35-,46-36?;;;/t47-,48-;;;/m0.../s1. The number of aromatic hydroxyl groups is 2. The zero-order valence-electron chi connectivity index (χ0n) is 39.5. The third-order valence-corrected chi connectivity index (χ3v) is 12.9. The molecule has 0 amide bonds. The Kier molecular flexibility index (Phi) is 18.4. The minimum atomic E-state index is -2.51. The molecule has 2 heterocycles. The van der Waals surface area contributed by atoms with E-state index in [9.17, 15) is 19.8 Å². The number of Topliss-reactive ketones (excluding diaryl/α,β-unsaturated/α-hetero) is 2. The Balaban J connectivity index is 0.00000220. The molecule has 14 nitrogen and oxygen atoms in total. The summed E-state index contributed by atoms with van der Waals surface area (Å²) in [5.41, 5.74) is 7.50. The molecule has 6 aliphatic rings. The van der Waals surface area contributed by atoms with Crippen LogP contribution in [0.15, 0.2) is 144 Å². The third kappa shape index (κ3) is 13.3. The number of fused-ring (bicyclic) bond motifs is 14. The molecule has 0 radical (unpaired) electrons. The molecule has 4 aromatic carbocycles. The van der Waals surface area contributed by atoms with Crippen molar-refractivity contribution in [1.82, 2.24) is 10.6 Å². The van der Waals surface area contributed by atoms with E-state index >= 15 is 0 Å². The monoisotopic (exact) mass is 1190 g/mol.